The molecule has 0 amide bonds. The number of carbonyl (C=O) groups is 1. The van der Waals surface area contributed by atoms with Crippen molar-refractivity contribution in [1.82, 2.24) is 9.13 Å². The minimum absolute atomic E-state index is 0.161. The third-order valence-electron chi connectivity index (χ3n) is 6.04. The van der Waals surface area contributed by atoms with Gasteiger partial charge in [0, 0.05) is 12.2 Å². The van der Waals surface area contributed by atoms with Crippen molar-refractivity contribution in [2.24, 2.45) is 5.92 Å². The Morgan fingerprint density at radius 3 is 2.29 bits per heavy atom. The maximum absolute atomic E-state index is 14.1. The van der Waals surface area contributed by atoms with Gasteiger partial charge in [0.25, 0.3) is 6.43 Å². The summed E-state index contributed by atoms with van der Waals surface area (Å²) >= 11 is 0. The number of aromatic carboxylic acids is 1. The molecule has 1 aromatic heterocycles. The van der Waals surface area contributed by atoms with Crippen LogP contribution in [0.25, 0.3) is 11.1 Å². The molecule has 2 aromatic carbocycles. The van der Waals surface area contributed by atoms with Crippen molar-refractivity contribution in [3.63, 3.8) is 0 Å². The molecule has 0 aliphatic rings. The zero-order valence-electron chi connectivity index (χ0n) is 19.9. The number of alkyl halides is 2. The number of unbranched alkanes of at least 4 members (excludes halogenated alkanes) is 1. The summed E-state index contributed by atoms with van der Waals surface area (Å²) in [7, 11) is 0. The summed E-state index contributed by atoms with van der Waals surface area (Å²) in [6, 6.07) is 14.0. The van der Waals surface area contributed by atoms with E-state index < -0.39 is 18.1 Å². The molecule has 0 aliphatic carbocycles. The minimum Gasteiger partial charge on any atom is -0.478 e. The molecule has 7 heteroatoms. The number of aromatic nitrogens is 2. The molecule has 3 aromatic rings. The fraction of sp³-hybridized carbons (Fsp3) is 0.407. The number of carboxylic acids is 1. The van der Waals surface area contributed by atoms with Gasteiger partial charge in [-0.05, 0) is 47.9 Å². The predicted octanol–water partition coefficient (Wildman–Crippen LogP) is 6.39. The van der Waals surface area contributed by atoms with Crippen molar-refractivity contribution < 1.29 is 18.7 Å². The standard InChI is InChI=1S/C27H32F2N2O3/c1-4-5-10-23-24(25(28)29)30(16-15-18(2)3)27(34)31(23)17-19-11-13-20(14-12-19)21-8-6-7-9-22(21)26(32)33/h6-9,11-14,18,25H,4-5,10,15-17H2,1-3H3,(H,32,33). The highest BCUT2D eigenvalue weighted by Gasteiger charge is 2.26. The Morgan fingerprint density at radius 2 is 1.71 bits per heavy atom. The first-order valence-electron chi connectivity index (χ1n) is 11.8. The second kappa shape index (κ2) is 11.3. The summed E-state index contributed by atoms with van der Waals surface area (Å²) in [5.74, 6) is -0.713. The van der Waals surface area contributed by atoms with E-state index in [0.717, 1.165) is 24.0 Å². The Bertz CT molecular complexity index is 1180. The van der Waals surface area contributed by atoms with E-state index in [1.165, 1.54) is 9.13 Å². The van der Waals surface area contributed by atoms with Crippen molar-refractivity contribution >= 4 is 5.97 Å². The molecule has 0 saturated carbocycles. The molecule has 0 fully saturated rings. The van der Waals surface area contributed by atoms with Gasteiger partial charge in [-0.3, -0.25) is 9.13 Å². The van der Waals surface area contributed by atoms with Gasteiger partial charge in [-0.25, -0.2) is 18.4 Å². The molecule has 0 spiro atoms. The summed E-state index contributed by atoms with van der Waals surface area (Å²) in [5, 5.41) is 9.46. The quantitative estimate of drug-likeness (QED) is 0.353. The molecule has 1 N–H and O–H groups in total. The van der Waals surface area contributed by atoms with Crippen LogP contribution in [-0.2, 0) is 19.5 Å². The lowest BCUT2D eigenvalue weighted by atomic mass is 9.99. The molecule has 0 bridgehead atoms. The second-order valence-corrected chi connectivity index (χ2v) is 8.99. The Labute approximate surface area is 198 Å². The summed E-state index contributed by atoms with van der Waals surface area (Å²) < 4.78 is 30.9. The van der Waals surface area contributed by atoms with Crippen LogP contribution in [0.5, 0.6) is 0 Å². The normalized spacial score (nSPS) is 11.5. The number of nitrogens with zero attached hydrogens (tertiary/aromatic N) is 2. The molecule has 0 unspecified atom stereocenters. The van der Waals surface area contributed by atoms with Crippen LogP contribution in [-0.4, -0.2) is 20.2 Å². The topological polar surface area (TPSA) is 64.2 Å². The maximum atomic E-state index is 14.1. The Balaban J connectivity index is 1.99. The van der Waals surface area contributed by atoms with Gasteiger partial charge >= 0.3 is 11.7 Å². The van der Waals surface area contributed by atoms with Gasteiger partial charge in [0.05, 0.1) is 12.1 Å². The molecule has 0 atom stereocenters. The Kier molecular flexibility index (Phi) is 8.42. The number of imidazole rings is 1. The van der Waals surface area contributed by atoms with E-state index in [2.05, 4.69) is 0 Å². The maximum Gasteiger partial charge on any atom is 0.336 e. The molecule has 0 radical (unpaired) electrons. The van der Waals surface area contributed by atoms with Crippen LogP contribution in [0.1, 0.15) is 73.8 Å². The molecule has 0 aliphatic heterocycles. The number of carboxylic acid groups (broad SMARTS) is 1. The SMILES string of the molecule is CCCCc1c(C(F)F)n(CCC(C)C)c(=O)n1Cc1ccc(-c2ccccc2C(=O)O)cc1. The Hall–Kier alpha value is -3.22. The van der Waals surface area contributed by atoms with Crippen LogP contribution in [0.2, 0.25) is 0 Å². The lowest BCUT2D eigenvalue weighted by Crippen LogP contribution is -2.26. The van der Waals surface area contributed by atoms with E-state index in [-0.39, 0.29) is 24.3 Å². The van der Waals surface area contributed by atoms with Crippen LogP contribution in [0.15, 0.2) is 53.3 Å². The zero-order chi connectivity index (χ0) is 24.8. The van der Waals surface area contributed by atoms with Crippen LogP contribution in [0.3, 0.4) is 0 Å². The largest absolute Gasteiger partial charge is 0.478 e. The van der Waals surface area contributed by atoms with E-state index in [0.29, 0.717) is 30.0 Å². The lowest BCUT2D eigenvalue weighted by molar-refractivity contribution is 0.0697. The van der Waals surface area contributed by atoms with E-state index in [1.807, 2.05) is 32.9 Å². The third kappa shape index (κ3) is 5.64. The minimum atomic E-state index is -2.72. The average Bonchev–Trinajstić information content (AvgIpc) is 3.07. The van der Waals surface area contributed by atoms with Gasteiger partial charge in [0.1, 0.15) is 5.69 Å². The highest BCUT2D eigenvalue weighted by Crippen LogP contribution is 2.27. The molecule has 5 nitrogen and oxygen atoms in total. The summed E-state index contributed by atoms with van der Waals surface area (Å²) in [5.41, 5.74) is 2.18. The molecule has 34 heavy (non-hydrogen) atoms. The van der Waals surface area contributed by atoms with E-state index in [4.69, 9.17) is 0 Å². The van der Waals surface area contributed by atoms with Gasteiger partial charge in [-0.2, -0.15) is 0 Å². The highest BCUT2D eigenvalue weighted by atomic mass is 19.3. The molecular weight excluding hydrogens is 438 g/mol. The van der Waals surface area contributed by atoms with Gasteiger partial charge in [-0.1, -0.05) is 69.7 Å². The summed E-state index contributed by atoms with van der Waals surface area (Å²) in [4.78, 5) is 24.8. The van der Waals surface area contributed by atoms with Crippen molar-refractivity contribution in [1.29, 1.82) is 0 Å². The van der Waals surface area contributed by atoms with Gasteiger partial charge in [-0.15, -0.1) is 0 Å². The van der Waals surface area contributed by atoms with Crippen molar-refractivity contribution in [2.75, 3.05) is 0 Å². The zero-order valence-corrected chi connectivity index (χ0v) is 19.9. The van der Waals surface area contributed by atoms with Gasteiger partial charge < -0.3 is 5.11 Å². The van der Waals surface area contributed by atoms with Crippen LogP contribution >= 0.6 is 0 Å². The first-order valence-corrected chi connectivity index (χ1v) is 11.8. The number of benzene rings is 2. The van der Waals surface area contributed by atoms with E-state index in [1.54, 1.807) is 36.4 Å². The summed E-state index contributed by atoms with van der Waals surface area (Å²) in [6.07, 6.45) is -0.0919. The Morgan fingerprint density at radius 1 is 1.03 bits per heavy atom. The van der Waals surface area contributed by atoms with E-state index >= 15 is 0 Å². The molecular formula is C27H32F2N2O3. The first kappa shape index (κ1) is 25.4. The van der Waals surface area contributed by atoms with E-state index in [9.17, 15) is 23.5 Å². The molecule has 1 heterocycles. The number of rotatable bonds is 11. The molecule has 0 saturated heterocycles. The van der Waals surface area contributed by atoms with Crippen LogP contribution < -0.4 is 5.69 Å². The number of halogens is 2. The fourth-order valence-corrected chi connectivity index (χ4v) is 4.17. The third-order valence-corrected chi connectivity index (χ3v) is 6.04. The first-order chi connectivity index (χ1) is 16.2. The smallest absolute Gasteiger partial charge is 0.336 e. The number of hydrogen-bond acceptors (Lipinski definition) is 2. The lowest BCUT2D eigenvalue weighted by Gasteiger charge is -2.11. The van der Waals surface area contributed by atoms with Crippen molar-refractivity contribution in [2.45, 2.75) is 66.0 Å². The predicted molar refractivity (Wildman–Crippen MR) is 130 cm³/mol. The van der Waals surface area contributed by atoms with Crippen molar-refractivity contribution in [3.05, 3.63) is 81.5 Å². The van der Waals surface area contributed by atoms with Gasteiger partial charge in [0.15, 0.2) is 0 Å². The fourth-order valence-electron chi connectivity index (χ4n) is 4.17. The average molecular weight is 471 g/mol. The molecule has 3 rings (SSSR count). The van der Waals surface area contributed by atoms with Crippen molar-refractivity contribution in [3.8, 4) is 11.1 Å². The molecule has 182 valence electrons. The van der Waals surface area contributed by atoms with Crippen LogP contribution in [0.4, 0.5) is 8.78 Å². The highest BCUT2D eigenvalue weighted by molar-refractivity contribution is 5.95. The second-order valence-electron chi connectivity index (χ2n) is 8.99. The van der Waals surface area contributed by atoms with Gasteiger partial charge in [0.2, 0.25) is 0 Å². The summed E-state index contributed by atoms with van der Waals surface area (Å²) in [6.45, 7) is 6.46. The number of hydrogen-bond donors (Lipinski definition) is 1. The monoisotopic (exact) mass is 470 g/mol. The van der Waals surface area contributed by atoms with Crippen LogP contribution in [0, 0.1) is 5.92 Å².